The van der Waals surface area contributed by atoms with E-state index in [1.807, 2.05) is 6.07 Å². The summed E-state index contributed by atoms with van der Waals surface area (Å²) >= 11 is 0. The van der Waals surface area contributed by atoms with Crippen LogP contribution in [0.15, 0.2) is 30.3 Å². The van der Waals surface area contributed by atoms with E-state index < -0.39 is 30.6 Å². The first-order valence-corrected chi connectivity index (χ1v) is 12.6. The van der Waals surface area contributed by atoms with Crippen LogP contribution < -0.4 is 10.1 Å². The number of carboxylic acid groups (broad SMARTS) is 1. The van der Waals surface area contributed by atoms with Gasteiger partial charge in [-0.1, -0.05) is 18.2 Å². The van der Waals surface area contributed by atoms with Gasteiger partial charge in [0, 0.05) is 6.54 Å². The van der Waals surface area contributed by atoms with E-state index >= 15 is 0 Å². The summed E-state index contributed by atoms with van der Waals surface area (Å²) in [7, 11) is 0. The van der Waals surface area contributed by atoms with Crippen LogP contribution in [0.25, 0.3) is 10.8 Å². The van der Waals surface area contributed by atoms with Gasteiger partial charge in [-0.25, -0.2) is 8.78 Å². The monoisotopic (exact) mass is 513 g/mol. The summed E-state index contributed by atoms with van der Waals surface area (Å²) in [4.78, 5) is 11.1. The summed E-state index contributed by atoms with van der Waals surface area (Å²) in [6, 6.07) is 8.51. The summed E-state index contributed by atoms with van der Waals surface area (Å²) in [6.07, 6.45) is -4.10. The Morgan fingerprint density at radius 2 is 1.69 bits per heavy atom. The Labute approximate surface area is 207 Å². The third-order valence-corrected chi connectivity index (χ3v) is 7.69. The maximum absolute atomic E-state index is 14.0. The predicted molar refractivity (Wildman–Crippen MR) is 126 cm³/mol. The van der Waals surface area contributed by atoms with Gasteiger partial charge in [0.2, 0.25) is 0 Å². The number of halogens is 5. The Morgan fingerprint density at radius 1 is 1.00 bits per heavy atom. The number of hydrogen-bond donors (Lipinski definition) is 2. The number of carboxylic acids is 1. The van der Waals surface area contributed by atoms with Crippen molar-refractivity contribution in [1.82, 2.24) is 5.32 Å². The lowest BCUT2D eigenvalue weighted by atomic mass is 9.82. The number of ether oxygens (including phenoxy) is 1. The molecule has 198 valence electrons. The highest BCUT2D eigenvalue weighted by molar-refractivity contribution is 5.88. The zero-order valence-corrected chi connectivity index (χ0v) is 20.0. The number of alkyl halides is 5. The molecule has 2 N–H and O–H groups in total. The molecule has 0 spiro atoms. The lowest BCUT2D eigenvalue weighted by molar-refractivity contribution is -0.185. The molecular formula is C27H32F5NO3. The van der Waals surface area contributed by atoms with E-state index in [0.29, 0.717) is 36.1 Å². The van der Waals surface area contributed by atoms with Crippen LogP contribution >= 0.6 is 0 Å². The second kappa shape index (κ2) is 11.3. The van der Waals surface area contributed by atoms with Gasteiger partial charge in [0.1, 0.15) is 5.75 Å². The minimum atomic E-state index is -4.23. The molecule has 0 bridgehead atoms. The Balaban J connectivity index is 1.37. The molecule has 0 unspecified atom stereocenters. The van der Waals surface area contributed by atoms with Crippen molar-refractivity contribution in [2.24, 2.45) is 17.8 Å². The fraction of sp³-hybridized carbons (Fsp3) is 0.593. The molecule has 2 aromatic rings. The normalized spacial score (nSPS) is 25.3. The van der Waals surface area contributed by atoms with Crippen molar-refractivity contribution in [2.75, 3.05) is 6.54 Å². The van der Waals surface area contributed by atoms with E-state index in [1.54, 1.807) is 18.2 Å². The summed E-state index contributed by atoms with van der Waals surface area (Å²) in [5, 5.41) is 13.5. The van der Waals surface area contributed by atoms with Crippen LogP contribution in [-0.2, 0) is 11.3 Å². The molecule has 0 saturated heterocycles. The van der Waals surface area contributed by atoms with E-state index in [0.717, 1.165) is 24.9 Å². The number of benzene rings is 2. The van der Waals surface area contributed by atoms with Gasteiger partial charge >= 0.3 is 12.1 Å². The molecule has 0 radical (unpaired) electrons. The molecule has 2 aliphatic carbocycles. The second-order valence-corrected chi connectivity index (χ2v) is 10.2. The van der Waals surface area contributed by atoms with Crippen LogP contribution in [0, 0.1) is 17.8 Å². The summed E-state index contributed by atoms with van der Waals surface area (Å²) in [5.41, 5.74) is 0.723. The van der Waals surface area contributed by atoms with Gasteiger partial charge < -0.3 is 15.2 Å². The van der Waals surface area contributed by atoms with Crippen LogP contribution in [0.1, 0.15) is 68.9 Å². The summed E-state index contributed by atoms with van der Waals surface area (Å²) in [6.45, 7) is 1.34. The van der Waals surface area contributed by atoms with Gasteiger partial charge in [-0.05, 0) is 92.3 Å². The lowest BCUT2D eigenvalue weighted by Crippen LogP contribution is -2.32. The molecule has 0 heterocycles. The number of carbonyl (C=O) groups is 1. The molecule has 2 fully saturated rings. The number of hydrogen-bond acceptors (Lipinski definition) is 3. The Kier molecular flexibility index (Phi) is 8.37. The lowest BCUT2D eigenvalue weighted by Gasteiger charge is -2.30. The van der Waals surface area contributed by atoms with Crippen molar-refractivity contribution in [2.45, 2.75) is 76.6 Å². The zero-order chi connectivity index (χ0) is 25.9. The van der Waals surface area contributed by atoms with E-state index in [2.05, 4.69) is 5.32 Å². The number of aliphatic carboxylic acids is 1. The van der Waals surface area contributed by atoms with Crippen molar-refractivity contribution < 1.29 is 36.6 Å². The van der Waals surface area contributed by atoms with Crippen molar-refractivity contribution >= 4 is 16.7 Å². The standard InChI is InChI=1S/C27H32F5NO3/c28-25(29)24-22-11-3-17(15-33-14-16-1-4-18(5-2-16)26(34)35)13-19(22)6-12-23(24)36-21-9-7-20(8-10-21)27(30,31)32/h3,6,11-13,16,18,20-21,25,33H,1-2,4-5,7-10,14-15H2,(H,34,35). The van der Waals surface area contributed by atoms with Gasteiger partial charge in [-0.3, -0.25) is 4.79 Å². The Bertz CT molecular complexity index is 1040. The van der Waals surface area contributed by atoms with Gasteiger partial charge in [0.15, 0.2) is 0 Å². The maximum atomic E-state index is 14.0. The molecule has 4 rings (SSSR count). The summed E-state index contributed by atoms with van der Waals surface area (Å²) in [5.74, 6) is -1.85. The largest absolute Gasteiger partial charge is 0.490 e. The van der Waals surface area contributed by atoms with E-state index in [9.17, 15) is 26.7 Å². The van der Waals surface area contributed by atoms with E-state index in [4.69, 9.17) is 9.84 Å². The molecule has 4 nitrogen and oxygen atoms in total. The van der Waals surface area contributed by atoms with E-state index in [1.165, 1.54) is 6.07 Å². The van der Waals surface area contributed by atoms with Crippen molar-refractivity contribution in [3.8, 4) is 5.75 Å². The Morgan fingerprint density at radius 3 is 2.31 bits per heavy atom. The van der Waals surface area contributed by atoms with Crippen LogP contribution in [-0.4, -0.2) is 29.9 Å². The number of rotatable bonds is 8. The van der Waals surface area contributed by atoms with Gasteiger partial charge in [-0.15, -0.1) is 0 Å². The Hall–Kier alpha value is -2.42. The van der Waals surface area contributed by atoms with Gasteiger partial charge in [-0.2, -0.15) is 13.2 Å². The molecule has 2 saturated carbocycles. The fourth-order valence-corrected chi connectivity index (χ4v) is 5.54. The average Bonchev–Trinajstić information content (AvgIpc) is 2.84. The highest BCUT2D eigenvalue weighted by atomic mass is 19.4. The van der Waals surface area contributed by atoms with Crippen molar-refractivity contribution in [1.29, 1.82) is 0 Å². The number of fused-ring (bicyclic) bond motifs is 1. The van der Waals surface area contributed by atoms with Gasteiger partial charge in [0.25, 0.3) is 6.43 Å². The molecule has 2 aromatic carbocycles. The maximum Gasteiger partial charge on any atom is 0.391 e. The third-order valence-electron chi connectivity index (χ3n) is 7.69. The topological polar surface area (TPSA) is 58.6 Å². The molecule has 0 aliphatic heterocycles. The van der Waals surface area contributed by atoms with Crippen LogP contribution in [0.2, 0.25) is 0 Å². The number of nitrogens with one attached hydrogen (secondary N) is 1. The predicted octanol–water partition coefficient (Wildman–Crippen LogP) is 7.26. The smallest absolute Gasteiger partial charge is 0.391 e. The first-order chi connectivity index (χ1) is 17.1. The molecule has 9 heteroatoms. The minimum absolute atomic E-state index is 0.0378. The highest BCUT2D eigenvalue weighted by Gasteiger charge is 2.42. The SMILES string of the molecule is O=C(O)C1CCC(CNCc2ccc3c(C(F)F)c(OC4CCC(C(F)(F)F)CC4)ccc3c2)CC1. The molecule has 0 amide bonds. The van der Waals surface area contributed by atoms with Crippen molar-refractivity contribution in [3.63, 3.8) is 0 Å². The molecule has 0 atom stereocenters. The molecule has 2 aliphatic rings. The zero-order valence-electron chi connectivity index (χ0n) is 20.0. The van der Waals surface area contributed by atoms with Gasteiger partial charge in [0.05, 0.1) is 23.5 Å². The summed E-state index contributed by atoms with van der Waals surface area (Å²) < 4.78 is 72.6. The van der Waals surface area contributed by atoms with Crippen molar-refractivity contribution in [3.05, 3.63) is 41.5 Å². The minimum Gasteiger partial charge on any atom is -0.490 e. The molecule has 0 aromatic heterocycles. The first-order valence-electron chi connectivity index (χ1n) is 12.6. The first kappa shape index (κ1) is 26.6. The molecule has 36 heavy (non-hydrogen) atoms. The quantitative estimate of drug-likeness (QED) is 0.365. The van der Waals surface area contributed by atoms with Crippen LogP contribution in [0.5, 0.6) is 5.75 Å². The van der Waals surface area contributed by atoms with E-state index in [-0.39, 0.29) is 42.9 Å². The van der Waals surface area contributed by atoms with Crippen LogP contribution in [0.3, 0.4) is 0 Å². The second-order valence-electron chi connectivity index (χ2n) is 10.2. The van der Waals surface area contributed by atoms with Crippen LogP contribution in [0.4, 0.5) is 22.0 Å². The third kappa shape index (κ3) is 6.47. The fourth-order valence-electron chi connectivity index (χ4n) is 5.54. The average molecular weight is 514 g/mol. The highest BCUT2D eigenvalue weighted by Crippen LogP contribution is 2.41. The molecular weight excluding hydrogens is 481 g/mol.